The molecule has 4 rings (SSSR count). The van der Waals surface area contributed by atoms with Crippen molar-refractivity contribution >= 4 is 57.8 Å². The van der Waals surface area contributed by atoms with Gasteiger partial charge < -0.3 is 10.6 Å². The van der Waals surface area contributed by atoms with E-state index in [2.05, 4.69) is 21.3 Å². The van der Waals surface area contributed by atoms with Crippen LogP contribution in [0.5, 0.6) is 0 Å². The van der Waals surface area contributed by atoms with Crippen molar-refractivity contribution in [1.82, 2.24) is 21.3 Å². The van der Waals surface area contributed by atoms with Crippen LogP contribution in [0, 0.1) is 5.41 Å². The van der Waals surface area contributed by atoms with E-state index in [4.69, 9.17) is 12.2 Å². The monoisotopic (exact) mass is 392 g/mol. The molecular weight excluding hydrogens is 380 g/mol. The first-order chi connectivity index (χ1) is 12.0. The van der Waals surface area contributed by atoms with Crippen LogP contribution in [-0.2, 0) is 9.59 Å². The third-order valence-electron chi connectivity index (χ3n) is 4.32. The molecule has 2 aromatic heterocycles. The lowest BCUT2D eigenvalue weighted by Gasteiger charge is -2.48. The number of rotatable bonds is 2. The Morgan fingerprint density at radius 2 is 1.36 bits per heavy atom. The van der Waals surface area contributed by atoms with E-state index in [-0.39, 0.29) is 0 Å². The van der Waals surface area contributed by atoms with Gasteiger partial charge in [0.1, 0.15) is 0 Å². The van der Waals surface area contributed by atoms with E-state index in [1.165, 1.54) is 22.7 Å². The van der Waals surface area contributed by atoms with Gasteiger partial charge in [0.2, 0.25) is 11.8 Å². The highest BCUT2D eigenvalue weighted by atomic mass is 32.1. The van der Waals surface area contributed by atoms with E-state index in [1.54, 1.807) is 0 Å². The molecule has 4 amide bonds. The van der Waals surface area contributed by atoms with Crippen molar-refractivity contribution in [3.05, 3.63) is 44.8 Å². The van der Waals surface area contributed by atoms with Crippen molar-refractivity contribution in [2.75, 3.05) is 0 Å². The van der Waals surface area contributed by atoms with Crippen molar-refractivity contribution in [3.63, 3.8) is 0 Å². The van der Waals surface area contributed by atoms with Crippen LogP contribution in [0.1, 0.15) is 21.8 Å². The molecule has 25 heavy (non-hydrogen) atoms. The number of thiophene rings is 2. The Balaban J connectivity index is 1.94. The fourth-order valence-corrected chi connectivity index (χ4v) is 5.21. The summed E-state index contributed by atoms with van der Waals surface area (Å²) in [5, 5.41) is 14.7. The number of carbonyl (C=O) groups is 3. The third-order valence-corrected chi connectivity index (χ3v) is 6.43. The quantitative estimate of drug-likeness (QED) is 0.456. The molecule has 0 aliphatic carbocycles. The van der Waals surface area contributed by atoms with Gasteiger partial charge in [-0.15, -0.1) is 22.7 Å². The maximum Gasteiger partial charge on any atom is 0.328 e. The molecule has 4 N–H and O–H groups in total. The van der Waals surface area contributed by atoms with E-state index in [0.29, 0.717) is 5.11 Å². The van der Waals surface area contributed by atoms with E-state index in [1.807, 2.05) is 35.0 Å². The topological polar surface area (TPSA) is 99.3 Å². The maximum absolute atomic E-state index is 13.0. The molecule has 1 spiro atoms. The van der Waals surface area contributed by atoms with Gasteiger partial charge in [-0.05, 0) is 35.1 Å². The number of carbonyl (C=O) groups excluding carboxylic acids is 3. The molecule has 0 aromatic carbocycles. The Morgan fingerprint density at radius 3 is 1.76 bits per heavy atom. The molecular formula is C15H12N4O3S3. The van der Waals surface area contributed by atoms with E-state index >= 15 is 0 Å². The summed E-state index contributed by atoms with van der Waals surface area (Å²) in [5.41, 5.74) is -1.59. The first kappa shape index (κ1) is 16.2. The molecule has 128 valence electrons. The van der Waals surface area contributed by atoms with Crippen LogP contribution < -0.4 is 21.3 Å². The van der Waals surface area contributed by atoms with Crippen molar-refractivity contribution < 1.29 is 14.4 Å². The Labute approximate surface area is 155 Å². The maximum atomic E-state index is 13.0. The zero-order valence-corrected chi connectivity index (χ0v) is 15.0. The van der Waals surface area contributed by atoms with Gasteiger partial charge >= 0.3 is 6.03 Å². The van der Waals surface area contributed by atoms with Crippen molar-refractivity contribution in [2.45, 2.75) is 12.1 Å². The molecule has 0 bridgehead atoms. The highest BCUT2D eigenvalue weighted by Gasteiger charge is 2.64. The summed E-state index contributed by atoms with van der Waals surface area (Å²) in [5.74, 6) is -1.30. The Morgan fingerprint density at radius 1 is 0.880 bits per heavy atom. The molecule has 2 atom stereocenters. The largest absolute Gasteiger partial charge is 0.353 e. The molecule has 7 nitrogen and oxygen atoms in total. The van der Waals surface area contributed by atoms with E-state index in [0.717, 1.165) is 9.75 Å². The van der Waals surface area contributed by atoms with E-state index in [9.17, 15) is 14.4 Å². The van der Waals surface area contributed by atoms with Crippen LogP contribution in [0.3, 0.4) is 0 Å². The van der Waals surface area contributed by atoms with Crippen LogP contribution in [0.2, 0.25) is 0 Å². The van der Waals surface area contributed by atoms with Crippen LogP contribution >= 0.6 is 34.9 Å². The second kappa shape index (κ2) is 5.90. The number of imide groups is 2. The molecule has 2 aliphatic rings. The smallest absolute Gasteiger partial charge is 0.328 e. The average molecular weight is 392 g/mol. The summed E-state index contributed by atoms with van der Waals surface area (Å²) in [6.07, 6.45) is 0. The molecule has 2 saturated heterocycles. The van der Waals surface area contributed by atoms with E-state index < -0.39 is 35.3 Å². The SMILES string of the molecule is O=C1NC(=O)C2(C(=O)N1)[C@H](c1cccs1)NC(=S)N[C@H]2c1cccs1. The van der Waals surface area contributed by atoms with Crippen molar-refractivity contribution in [1.29, 1.82) is 0 Å². The van der Waals surface area contributed by atoms with Gasteiger partial charge in [-0.25, -0.2) is 4.79 Å². The average Bonchev–Trinajstić information content (AvgIpc) is 3.26. The highest BCUT2D eigenvalue weighted by molar-refractivity contribution is 7.80. The van der Waals surface area contributed by atoms with Gasteiger partial charge in [-0.2, -0.15) is 0 Å². The van der Waals surface area contributed by atoms with Crippen LogP contribution in [0.4, 0.5) is 4.79 Å². The lowest BCUT2D eigenvalue weighted by molar-refractivity contribution is -0.149. The normalized spacial score (nSPS) is 25.1. The van der Waals surface area contributed by atoms with Gasteiger partial charge in [0.05, 0.1) is 12.1 Å². The van der Waals surface area contributed by atoms with Gasteiger partial charge in [0, 0.05) is 9.75 Å². The lowest BCUT2D eigenvalue weighted by Crippen LogP contribution is -2.73. The van der Waals surface area contributed by atoms with Gasteiger partial charge in [0.15, 0.2) is 10.5 Å². The minimum atomic E-state index is -1.59. The molecule has 0 saturated carbocycles. The Hall–Kier alpha value is -2.30. The second-order valence-corrected chi connectivity index (χ2v) is 7.99. The summed E-state index contributed by atoms with van der Waals surface area (Å²) >= 11 is 8.14. The van der Waals surface area contributed by atoms with Crippen molar-refractivity contribution in [3.8, 4) is 0 Å². The Kier molecular flexibility index (Phi) is 3.82. The summed E-state index contributed by atoms with van der Waals surface area (Å²) in [6.45, 7) is 0. The fourth-order valence-electron chi connectivity index (χ4n) is 3.27. The van der Waals surface area contributed by atoms with Crippen molar-refractivity contribution in [2.24, 2.45) is 5.41 Å². The molecule has 2 aliphatic heterocycles. The number of hydrogen-bond acceptors (Lipinski definition) is 6. The van der Waals surface area contributed by atoms with Crippen LogP contribution in [0.25, 0.3) is 0 Å². The zero-order chi connectivity index (χ0) is 17.6. The number of hydrogen-bond donors (Lipinski definition) is 4. The summed E-state index contributed by atoms with van der Waals surface area (Å²) in [4.78, 5) is 39.2. The fraction of sp³-hybridized carbons (Fsp3) is 0.200. The first-order valence-corrected chi connectivity index (χ1v) is 9.51. The van der Waals surface area contributed by atoms with Gasteiger partial charge in [-0.1, -0.05) is 12.1 Å². The second-order valence-electron chi connectivity index (χ2n) is 5.62. The number of amides is 4. The molecule has 2 aromatic rings. The lowest BCUT2D eigenvalue weighted by atomic mass is 9.68. The van der Waals surface area contributed by atoms with Gasteiger partial charge in [-0.3, -0.25) is 20.2 Å². The summed E-state index contributed by atoms with van der Waals surface area (Å²) in [7, 11) is 0. The molecule has 0 unspecified atom stereocenters. The predicted molar refractivity (Wildman–Crippen MR) is 97.1 cm³/mol. The van der Waals surface area contributed by atoms with Crippen LogP contribution in [-0.4, -0.2) is 23.0 Å². The molecule has 4 heterocycles. The Bertz CT molecular complexity index is 794. The molecule has 0 radical (unpaired) electrons. The standard InChI is InChI=1S/C15H12N4O3S3/c20-11-15(12(21)19-13(22)18-11)9(7-3-1-5-24-7)16-14(23)17-10(15)8-4-2-6-25-8/h1-6,9-10H,(H2,16,17,23)(H2,18,19,20,21,22)/t9-,10-/m0/s1. The minimum absolute atomic E-state index is 0.347. The number of thiocarbonyl (C=S) groups is 1. The molecule has 2 fully saturated rings. The number of barbiturate groups is 1. The predicted octanol–water partition coefficient (Wildman–Crippen LogP) is 1.42. The first-order valence-electron chi connectivity index (χ1n) is 7.34. The zero-order valence-electron chi connectivity index (χ0n) is 12.6. The minimum Gasteiger partial charge on any atom is -0.353 e. The summed E-state index contributed by atoms with van der Waals surface area (Å²) < 4.78 is 0. The highest BCUT2D eigenvalue weighted by Crippen LogP contribution is 2.49. The van der Waals surface area contributed by atoms with Gasteiger partial charge in [0.25, 0.3) is 0 Å². The third kappa shape index (κ3) is 2.36. The number of nitrogens with one attached hydrogen (secondary N) is 4. The summed E-state index contributed by atoms with van der Waals surface area (Å²) in [6, 6.07) is 5.14. The van der Waals surface area contributed by atoms with Crippen LogP contribution in [0.15, 0.2) is 35.0 Å². The molecule has 10 heteroatoms. The number of urea groups is 1.